The molecule has 3 aromatic rings. The number of carbonyl (C=O) groups excluding carboxylic acids is 1. The molecule has 1 unspecified atom stereocenters. The SMILES string of the molecule is Cc1ccc(NC(=O)CNC(c2ccccc2)c2ccccn2)cc1F. The smallest absolute Gasteiger partial charge is 0.238 e. The summed E-state index contributed by atoms with van der Waals surface area (Å²) < 4.78 is 13.6. The Morgan fingerprint density at radius 3 is 2.54 bits per heavy atom. The van der Waals surface area contributed by atoms with Crippen molar-refractivity contribution in [3.05, 3.63) is 95.6 Å². The molecule has 4 nitrogen and oxygen atoms in total. The molecule has 0 radical (unpaired) electrons. The summed E-state index contributed by atoms with van der Waals surface area (Å²) in [7, 11) is 0. The van der Waals surface area contributed by atoms with E-state index < -0.39 is 0 Å². The Bertz CT molecular complexity index is 829. The van der Waals surface area contributed by atoms with E-state index in [9.17, 15) is 9.18 Å². The second-order valence-corrected chi connectivity index (χ2v) is 5.99. The van der Waals surface area contributed by atoms with Crippen molar-refractivity contribution >= 4 is 11.6 Å². The zero-order chi connectivity index (χ0) is 18.4. The molecule has 0 aliphatic heterocycles. The molecule has 1 atom stereocenters. The van der Waals surface area contributed by atoms with Crippen LogP contribution in [-0.2, 0) is 4.79 Å². The molecule has 1 amide bonds. The lowest BCUT2D eigenvalue weighted by Crippen LogP contribution is -2.32. The van der Waals surface area contributed by atoms with Gasteiger partial charge < -0.3 is 5.32 Å². The lowest BCUT2D eigenvalue weighted by molar-refractivity contribution is -0.115. The van der Waals surface area contributed by atoms with Gasteiger partial charge in [-0.15, -0.1) is 0 Å². The van der Waals surface area contributed by atoms with Crippen LogP contribution >= 0.6 is 0 Å². The predicted octanol–water partition coefficient (Wildman–Crippen LogP) is 3.85. The van der Waals surface area contributed by atoms with E-state index in [0.29, 0.717) is 11.3 Å². The van der Waals surface area contributed by atoms with Gasteiger partial charge >= 0.3 is 0 Å². The average molecular weight is 349 g/mol. The minimum absolute atomic E-state index is 0.0750. The standard InChI is InChI=1S/C21H20FN3O/c1-15-10-11-17(13-18(15)22)25-20(26)14-24-21(16-7-3-2-4-8-16)19-9-5-6-12-23-19/h2-13,21,24H,14H2,1H3,(H,25,26). The number of rotatable bonds is 6. The van der Waals surface area contributed by atoms with Crippen LogP contribution in [0.1, 0.15) is 22.9 Å². The lowest BCUT2D eigenvalue weighted by atomic mass is 10.0. The molecule has 1 aromatic heterocycles. The molecule has 2 N–H and O–H groups in total. The Morgan fingerprint density at radius 1 is 1.08 bits per heavy atom. The molecule has 0 fully saturated rings. The monoisotopic (exact) mass is 349 g/mol. The van der Waals surface area contributed by atoms with Gasteiger partial charge in [-0.2, -0.15) is 0 Å². The van der Waals surface area contributed by atoms with Crippen LogP contribution < -0.4 is 10.6 Å². The first kappa shape index (κ1) is 17.8. The number of amides is 1. The molecular formula is C21H20FN3O. The summed E-state index contributed by atoms with van der Waals surface area (Å²) in [5.41, 5.74) is 2.82. The van der Waals surface area contributed by atoms with Gasteiger partial charge in [-0.1, -0.05) is 42.5 Å². The van der Waals surface area contributed by atoms with Gasteiger partial charge in [0.15, 0.2) is 0 Å². The molecule has 0 saturated heterocycles. The van der Waals surface area contributed by atoms with Crippen molar-refractivity contribution in [2.45, 2.75) is 13.0 Å². The lowest BCUT2D eigenvalue weighted by Gasteiger charge is -2.18. The number of pyridine rings is 1. The fourth-order valence-corrected chi connectivity index (χ4v) is 2.66. The zero-order valence-corrected chi connectivity index (χ0v) is 14.4. The van der Waals surface area contributed by atoms with Gasteiger partial charge in [0.1, 0.15) is 5.82 Å². The van der Waals surface area contributed by atoms with Crippen LogP contribution in [0.4, 0.5) is 10.1 Å². The first-order valence-electron chi connectivity index (χ1n) is 8.39. The Labute approximate surface area is 152 Å². The Morgan fingerprint density at radius 2 is 1.85 bits per heavy atom. The number of halogens is 1. The van der Waals surface area contributed by atoms with Crippen LogP contribution in [0.3, 0.4) is 0 Å². The fourth-order valence-electron chi connectivity index (χ4n) is 2.66. The fraction of sp³-hybridized carbons (Fsp3) is 0.143. The molecule has 3 rings (SSSR count). The maximum atomic E-state index is 13.6. The number of hydrogen-bond acceptors (Lipinski definition) is 3. The summed E-state index contributed by atoms with van der Waals surface area (Å²) in [5, 5.41) is 5.94. The first-order chi connectivity index (χ1) is 12.6. The highest BCUT2D eigenvalue weighted by atomic mass is 19.1. The predicted molar refractivity (Wildman–Crippen MR) is 100 cm³/mol. The number of benzene rings is 2. The van der Waals surface area contributed by atoms with Crippen molar-refractivity contribution in [3.63, 3.8) is 0 Å². The maximum Gasteiger partial charge on any atom is 0.238 e. The van der Waals surface area contributed by atoms with Crippen molar-refractivity contribution in [2.75, 3.05) is 11.9 Å². The summed E-state index contributed by atoms with van der Waals surface area (Å²) in [4.78, 5) is 16.7. The van der Waals surface area contributed by atoms with Crippen molar-refractivity contribution in [2.24, 2.45) is 0 Å². The van der Waals surface area contributed by atoms with Crippen LogP contribution in [0.15, 0.2) is 72.9 Å². The molecule has 132 valence electrons. The second kappa shape index (κ2) is 8.36. The van der Waals surface area contributed by atoms with E-state index in [1.807, 2.05) is 48.5 Å². The van der Waals surface area contributed by atoms with Crippen molar-refractivity contribution < 1.29 is 9.18 Å². The van der Waals surface area contributed by atoms with Crippen LogP contribution in [0, 0.1) is 12.7 Å². The van der Waals surface area contributed by atoms with Gasteiger partial charge in [-0.05, 0) is 42.3 Å². The highest BCUT2D eigenvalue weighted by molar-refractivity contribution is 5.92. The average Bonchev–Trinajstić information content (AvgIpc) is 2.67. The van der Waals surface area contributed by atoms with Crippen LogP contribution in [0.5, 0.6) is 0 Å². The molecular weight excluding hydrogens is 329 g/mol. The Kier molecular flexibility index (Phi) is 5.71. The minimum Gasteiger partial charge on any atom is -0.325 e. The molecule has 0 saturated carbocycles. The third-order valence-electron chi connectivity index (χ3n) is 4.04. The van der Waals surface area contributed by atoms with Gasteiger partial charge in [0.2, 0.25) is 5.91 Å². The highest BCUT2D eigenvalue weighted by Crippen LogP contribution is 2.20. The van der Waals surface area contributed by atoms with Crippen molar-refractivity contribution in [1.82, 2.24) is 10.3 Å². The number of anilines is 1. The molecule has 5 heteroatoms. The molecule has 0 aliphatic carbocycles. The molecule has 0 spiro atoms. The zero-order valence-electron chi connectivity index (χ0n) is 14.4. The molecule has 26 heavy (non-hydrogen) atoms. The number of nitrogens with zero attached hydrogens (tertiary/aromatic N) is 1. The minimum atomic E-state index is -0.341. The first-order valence-corrected chi connectivity index (χ1v) is 8.39. The molecule has 0 aliphatic rings. The second-order valence-electron chi connectivity index (χ2n) is 5.99. The van der Waals surface area contributed by atoms with Gasteiger partial charge in [-0.25, -0.2) is 4.39 Å². The van der Waals surface area contributed by atoms with Crippen LogP contribution in [0.2, 0.25) is 0 Å². The number of hydrogen-bond donors (Lipinski definition) is 2. The van der Waals surface area contributed by atoms with Crippen LogP contribution in [0.25, 0.3) is 0 Å². The van der Waals surface area contributed by atoms with E-state index in [1.54, 1.807) is 25.3 Å². The van der Waals surface area contributed by atoms with Gasteiger partial charge in [0.05, 0.1) is 18.3 Å². The summed E-state index contributed by atoms with van der Waals surface area (Å²) in [5.74, 6) is -0.587. The van der Waals surface area contributed by atoms with E-state index in [-0.39, 0.29) is 24.3 Å². The van der Waals surface area contributed by atoms with Crippen molar-refractivity contribution in [3.8, 4) is 0 Å². The summed E-state index contributed by atoms with van der Waals surface area (Å²) in [6.45, 7) is 1.76. The summed E-state index contributed by atoms with van der Waals surface area (Å²) >= 11 is 0. The van der Waals surface area contributed by atoms with E-state index >= 15 is 0 Å². The molecule has 0 bridgehead atoms. The number of carbonyl (C=O) groups is 1. The van der Waals surface area contributed by atoms with Gasteiger partial charge in [0.25, 0.3) is 0 Å². The third kappa shape index (κ3) is 4.52. The van der Waals surface area contributed by atoms with Gasteiger partial charge in [0, 0.05) is 11.9 Å². The highest BCUT2D eigenvalue weighted by Gasteiger charge is 2.16. The Hall–Kier alpha value is -3.05. The Balaban J connectivity index is 1.69. The summed E-state index contributed by atoms with van der Waals surface area (Å²) in [6.07, 6.45) is 1.72. The van der Waals surface area contributed by atoms with Gasteiger partial charge in [-0.3, -0.25) is 15.1 Å². The molecule has 2 aromatic carbocycles. The largest absolute Gasteiger partial charge is 0.325 e. The number of aryl methyl sites for hydroxylation is 1. The van der Waals surface area contributed by atoms with Crippen LogP contribution in [-0.4, -0.2) is 17.4 Å². The molecule has 1 heterocycles. The van der Waals surface area contributed by atoms with E-state index in [4.69, 9.17) is 0 Å². The third-order valence-corrected chi connectivity index (χ3v) is 4.04. The summed E-state index contributed by atoms with van der Waals surface area (Å²) in [6, 6.07) is 19.9. The topological polar surface area (TPSA) is 54.0 Å². The quantitative estimate of drug-likeness (QED) is 0.711. The van der Waals surface area contributed by atoms with E-state index in [0.717, 1.165) is 11.3 Å². The maximum absolute atomic E-state index is 13.6. The number of nitrogens with one attached hydrogen (secondary N) is 2. The number of aromatic nitrogens is 1. The van der Waals surface area contributed by atoms with E-state index in [2.05, 4.69) is 15.6 Å². The van der Waals surface area contributed by atoms with Crippen molar-refractivity contribution in [1.29, 1.82) is 0 Å². The normalized spacial score (nSPS) is 11.8. The van der Waals surface area contributed by atoms with E-state index in [1.165, 1.54) is 6.07 Å².